The monoisotopic (exact) mass is 380 g/mol. The van der Waals surface area contributed by atoms with Gasteiger partial charge in [-0.25, -0.2) is 14.4 Å². The van der Waals surface area contributed by atoms with Gasteiger partial charge >= 0.3 is 0 Å². The summed E-state index contributed by atoms with van der Waals surface area (Å²) in [5, 5.41) is 2.15. The van der Waals surface area contributed by atoms with Crippen LogP contribution in [0.25, 0.3) is 27.6 Å². The lowest BCUT2D eigenvalue weighted by Crippen LogP contribution is -1.95. The Balaban J connectivity index is 2.08. The lowest BCUT2D eigenvalue weighted by Gasteiger charge is -2.09. The number of aromatic nitrogens is 2. The number of halogens is 3. The van der Waals surface area contributed by atoms with Crippen LogP contribution in [0.15, 0.2) is 28.1 Å². The van der Waals surface area contributed by atoms with Crippen LogP contribution in [0.4, 0.5) is 4.39 Å². The fourth-order valence-corrected chi connectivity index (χ4v) is 4.32. The average molecular weight is 382 g/mol. The molecule has 21 heavy (non-hydrogen) atoms. The van der Waals surface area contributed by atoms with Gasteiger partial charge in [0.1, 0.15) is 11.3 Å². The summed E-state index contributed by atoms with van der Waals surface area (Å²) < 4.78 is 15.7. The third kappa shape index (κ3) is 2.03. The molecule has 6 heteroatoms. The van der Waals surface area contributed by atoms with Gasteiger partial charge in [-0.3, -0.25) is 0 Å². The zero-order valence-electron chi connectivity index (χ0n) is 10.5. The van der Waals surface area contributed by atoms with E-state index in [1.54, 1.807) is 17.4 Å². The Morgan fingerprint density at radius 3 is 3.00 bits per heavy atom. The van der Waals surface area contributed by atoms with Crippen LogP contribution in [0.1, 0.15) is 11.1 Å². The van der Waals surface area contributed by atoms with Crippen molar-refractivity contribution >= 4 is 55.2 Å². The van der Waals surface area contributed by atoms with Crippen LogP contribution in [0, 0.1) is 5.82 Å². The van der Waals surface area contributed by atoms with Crippen LogP contribution in [0.5, 0.6) is 0 Å². The number of benzene rings is 1. The van der Waals surface area contributed by atoms with Crippen molar-refractivity contribution in [2.24, 2.45) is 0 Å². The summed E-state index contributed by atoms with van der Waals surface area (Å²) in [4.78, 5) is 8.64. The smallest absolute Gasteiger partial charge is 0.216 e. The van der Waals surface area contributed by atoms with Gasteiger partial charge in [0.2, 0.25) is 5.28 Å². The first-order chi connectivity index (χ1) is 10.1. The van der Waals surface area contributed by atoms with Crippen molar-refractivity contribution in [2.75, 3.05) is 0 Å². The molecule has 0 N–H and O–H groups in total. The molecule has 0 atom stereocenters. The first-order valence-electron chi connectivity index (χ1n) is 6.23. The molecule has 1 aliphatic rings. The number of hydrogen-bond donors (Lipinski definition) is 0. The molecule has 2 nitrogen and oxygen atoms in total. The zero-order valence-corrected chi connectivity index (χ0v) is 13.7. The quantitative estimate of drug-likeness (QED) is 0.521. The van der Waals surface area contributed by atoms with Gasteiger partial charge in [0.25, 0.3) is 0 Å². The summed E-state index contributed by atoms with van der Waals surface area (Å²) in [7, 11) is 0. The third-order valence-electron chi connectivity index (χ3n) is 3.51. The Kier molecular flexibility index (Phi) is 3.10. The largest absolute Gasteiger partial charge is 0.223 e. The Morgan fingerprint density at radius 2 is 2.14 bits per heavy atom. The topological polar surface area (TPSA) is 25.8 Å². The van der Waals surface area contributed by atoms with Crippen molar-refractivity contribution < 1.29 is 4.39 Å². The van der Waals surface area contributed by atoms with Crippen LogP contribution in [0.3, 0.4) is 0 Å². The normalized spacial score (nSPS) is 13.1. The van der Waals surface area contributed by atoms with E-state index in [9.17, 15) is 4.39 Å². The summed E-state index contributed by atoms with van der Waals surface area (Å²) in [6, 6.07) is 3.25. The molecule has 0 aliphatic heterocycles. The van der Waals surface area contributed by atoms with Crippen LogP contribution in [0.2, 0.25) is 5.28 Å². The van der Waals surface area contributed by atoms with E-state index in [-0.39, 0.29) is 11.1 Å². The molecule has 2 aromatic heterocycles. The Hall–Kier alpha value is -1.30. The average Bonchev–Trinajstić information content (AvgIpc) is 3.07. The van der Waals surface area contributed by atoms with Gasteiger partial charge in [-0.2, -0.15) is 0 Å². The maximum absolute atomic E-state index is 13.9. The molecule has 0 amide bonds. The number of rotatable bonds is 1. The van der Waals surface area contributed by atoms with E-state index in [1.165, 1.54) is 6.07 Å². The van der Waals surface area contributed by atoms with E-state index in [0.29, 0.717) is 12.0 Å². The van der Waals surface area contributed by atoms with Gasteiger partial charge in [0.15, 0.2) is 0 Å². The van der Waals surface area contributed by atoms with E-state index in [1.807, 2.05) is 17.5 Å². The Labute approximate surface area is 137 Å². The van der Waals surface area contributed by atoms with Crippen molar-refractivity contribution in [3.63, 3.8) is 0 Å². The molecule has 3 aromatic rings. The number of fused-ring (bicyclic) bond motifs is 2. The van der Waals surface area contributed by atoms with Gasteiger partial charge < -0.3 is 0 Å². The number of nitrogens with zero attached hydrogens (tertiary/aromatic N) is 2. The molecule has 1 aliphatic carbocycles. The van der Waals surface area contributed by atoms with Crippen LogP contribution < -0.4 is 0 Å². The van der Waals surface area contributed by atoms with E-state index >= 15 is 0 Å². The summed E-state index contributed by atoms with van der Waals surface area (Å²) in [6.45, 7) is 0. The number of thiophene rings is 1. The molecule has 2 heterocycles. The van der Waals surface area contributed by atoms with Gasteiger partial charge in [0.05, 0.1) is 14.9 Å². The molecule has 4 rings (SSSR count). The van der Waals surface area contributed by atoms with Crippen LogP contribution in [-0.4, -0.2) is 9.97 Å². The molecule has 0 fully saturated rings. The highest BCUT2D eigenvalue weighted by Crippen LogP contribution is 2.39. The highest BCUT2D eigenvalue weighted by atomic mass is 79.9. The van der Waals surface area contributed by atoms with E-state index in [2.05, 4.69) is 25.9 Å². The van der Waals surface area contributed by atoms with E-state index < -0.39 is 0 Å². The van der Waals surface area contributed by atoms with Gasteiger partial charge in [-0.15, -0.1) is 11.3 Å². The minimum absolute atomic E-state index is 0.178. The second kappa shape index (κ2) is 4.87. The molecule has 0 unspecified atom stereocenters. The summed E-state index contributed by atoms with van der Waals surface area (Å²) >= 11 is 11.1. The first-order valence-corrected chi connectivity index (χ1v) is 8.28. The van der Waals surface area contributed by atoms with Crippen molar-refractivity contribution in [1.82, 2.24) is 9.97 Å². The fraction of sp³-hybridized carbons (Fsp3) is 0.0667. The van der Waals surface area contributed by atoms with Gasteiger partial charge in [-0.1, -0.05) is 12.2 Å². The molecule has 0 radical (unpaired) electrons. The summed E-state index contributed by atoms with van der Waals surface area (Å²) in [5.41, 5.74) is 4.03. The van der Waals surface area contributed by atoms with Gasteiger partial charge in [0, 0.05) is 10.9 Å². The summed E-state index contributed by atoms with van der Waals surface area (Å²) in [6.07, 6.45) is 4.52. The predicted octanol–water partition coefficient (Wildman–Crippen LogP) is 5.48. The molecule has 0 saturated heterocycles. The molecule has 0 bridgehead atoms. The van der Waals surface area contributed by atoms with Crippen molar-refractivity contribution in [3.8, 4) is 11.3 Å². The number of allylic oxidation sites excluding steroid dienone is 1. The summed E-state index contributed by atoms with van der Waals surface area (Å²) in [5.74, 6) is -0.178. The number of hydrogen-bond acceptors (Lipinski definition) is 3. The highest BCUT2D eigenvalue weighted by molar-refractivity contribution is 9.10. The first kappa shape index (κ1) is 13.4. The van der Waals surface area contributed by atoms with Crippen molar-refractivity contribution in [3.05, 3.63) is 50.3 Å². The highest BCUT2D eigenvalue weighted by Gasteiger charge is 2.20. The Morgan fingerprint density at radius 1 is 1.29 bits per heavy atom. The second-order valence-corrected chi connectivity index (χ2v) is 6.77. The zero-order chi connectivity index (χ0) is 14.6. The molecule has 0 saturated carbocycles. The molecule has 1 aromatic carbocycles. The molecule has 0 spiro atoms. The molecular weight excluding hydrogens is 375 g/mol. The van der Waals surface area contributed by atoms with E-state index in [4.69, 9.17) is 11.6 Å². The second-order valence-electron chi connectivity index (χ2n) is 4.70. The third-order valence-corrected chi connectivity index (χ3v) is 5.56. The van der Waals surface area contributed by atoms with Crippen LogP contribution >= 0.6 is 38.9 Å². The lowest BCUT2D eigenvalue weighted by molar-refractivity contribution is 0.615. The predicted molar refractivity (Wildman–Crippen MR) is 88.3 cm³/mol. The maximum atomic E-state index is 13.9. The fourth-order valence-electron chi connectivity index (χ4n) is 2.58. The molecular formula is C15H7BrClFN2S. The SMILES string of the molecule is Fc1ccc(-c2nc(Cl)nc3c(Br)csc23)c2c1CC=C2. The van der Waals surface area contributed by atoms with Crippen molar-refractivity contribution in [2.45, 2.75) is 6.42 Å². The van der Waals surface area contributed by atoms with Crippen molar-refractivity contribution in [1.29, 1.82) is 0 Å². The van der Waals surface area contributed by atoms with Gasteiger partial charge in [-0.05, 0) is 57.2 Å². The molecule has 104 valence electrons. The Bertz CT molecular complexity index is 920. The minimum Gasteiger partial charge on any atom is -0.216 e. The standard InChI is InChI=1S/C15H7BrClFN2S/c16-10-6-21-14-12(19-15(17)20-13(10)14)9-4-5-11(18)8-3-1-2-7(8)9/h1-2,4-6H,3H2. The lowest BCUT2D eigenvalue weighted by atomic mass is 10.00. The minimum atomic E-state index is -0.178. The maximum Gasteiger partial charge on any atom is 0.223 e. The van der Waals surface area contributed by atoms with E-state index in [0.717, 1.165) is 31.5 Å². The van der Waals surface area contributed by atoms with Crippen LogP contribution in [-0.2, 0) is 6.42 Å².